The number of fused-ring (bicyclic) bond motifs is 1. The fourth-order valence-electron chi connectivity index (χ4n) is 6.66. The molecular formula is C29H39F4N9O. The maximum Gasteiger partial charge on any atom is 0.428 e. The number of anilines is 2. The van der Waals surface area contributed by atoms with E-state index in [1.165, 1.54) is 23.8 Å². The number of rotatable bonds is 6. The molecule has 2 amide bonds. The van der Waals surface area contributed by atoms with Gasteiger partial charge in [-0.1, -0.05) is 31.1 Å². The molecule has 3 fully saturated rings. The standard InChI is InChI=1S/C29H39F4N9O/c30-28(29(31,32)33)14-4-3-7-22(28)38-27(43)41-15-12-20(13-16-41)36-24-23-25(42(17-35-23)21-5-1-2-6-21)40-26(39-24)37-19-10-8-18(34)9-11-19/h3-4,7,14,17-22H,1-2,5-6,8-13,15-16,34H2,(H,38,43)(H2,36,37,39,40). The van der Waals surface area contributed by atoms with Gasteiger partial charge in [0, 0.05) is 37.3 Å². The second-order valence-corrected chi connectivity index (χ2v) is 12.3. The molecule has 2 aromatic rings. The van der Waals surface area contributed by atoms with Crippen molar-refractivity contribution < 1.29 is 22.4 Å². The molecular weight excluding hydrogens is 566 g/mol. The first-order valence-electron chi connectivity index (χ1n) is 15.3. The maximum atomic E-state index is 14.9. The van der Waals surface area contributed by atoms with Crippen LogP contribution in [0.3, 0.4) is 0 Å². The number of aromatic nitrogens is 4. The highest BCUT2D eigenvalue weighted by Crippen LogP contribution is 2.40. The zero-order valence-electron chi connectivity index (χ0n) is 24.0. The van der Waals surface area contributed by atoms with Crippen molar-refractivity contribution in [1.29, 1.82) is 0 Å². The third-order valence-corrected chi connectivity index (χ3v) is 9.29. The molecule has 3 heterocycles. The topological polar surface area (TPSA) is 126 Å². The number of piperidine rings is 1. The van der Waals surface area contributed by atoms with Gasteiger partial charge in [-0.05, 0) is 57.4 Å². The normalized spacial score (nSPS) is 28.9. The molecule has 2 aromatic heterocycles. The molecule has 1 aliphatic heterocycles. The number of carbonyl (C=O) groups excluding carboxylic acids is 1. The molecule has 10 nitrogen and oxygen atoms in total. The Balaban J connectivity index is 1.14. The fraction of sp³-hybridized carbons (Fsp3) is 0.655. The summed E-state index contributed by atoms with van der Waals surface area (Å²) >= 11 is 0. The van der Waals surface area contributed by atoms with E-state index in [0.717, 1.165) is 56.3 Å². The molecule has 0 aromatic carbocycles. The molecule has 234 valence electrons. The lowest BCUT2D eigenvalue weighted by Crippen LogP contribution is -2.59. The highest BCUT2D eigenvalue weighted by atomic mass is 19.4. The zero-order valence-corrected chi connectivity index (χ0v) is 24.0. The highest BCUT2D eigenvalue weighted by Gasteiger charge is 2.59. The summed E-state index contributed by atoms with van der Waals surface area (Å²) in [7, 11) is 0. The molecule has 2 atom stereocenters. The zero-order chi connectivity index (χ0) is 30.2. The van der Waals surface area contributed by atoms with E-state index in [0.29, 0.717) is 55.3 Å². The second-order valence-electron chi connectivity index (χ2n) is 12.3. The quantitative estimate of drug-likeness (QED) is 0.343. The summed E-state index contributed by atoms with van der Waals surface area (Å²) in [6.45, 7) is 0.582. The van der Waals surface area contributed by atoms with Crippen molar-refractivity contribution in [3.63, 3.8) is 0 Å². The molecule has 1 saturated heterocycles. The van der Waals surface area contributed by atoms with Gasteiger partial charge in [-0.25, -0.2) is 14.2 Å². The van der Waals surface area contributed by atoms with Gasteiger partial charge in [0.1, 0.15) is 0 Å². The number of imidazole rings is 1. The van der Waals surface area contributed by atoms with Crippen LogP contribution in [0.4, 0.5) is 34.1 Å². The molecule has 14 heteroatoms. The van der Waals surface area contributed by atoms with Gasteiger partial charge in [0.2, 0.25) is 11.6 Å². The van der Waals surface area contributed by atoms with Crippen LogP contribution < -0.4 is 21.7 Å². The van der Waals surface area contributed by atoms with Crippen molar-refractivity contribution in [2.45, 2.75) is 106 Å². The van der Waals surface area contributed by atoms with E-state index in [2.05, 4.69) is 25.5 Å². The Morgan fingerprint density at radius 1 is 0.953 bits per heavy atom. The van der Waals surface area contributed by atoms with Crippen molar-refractivity contribution in [3.05, 3.63) is 30.6 Å². The Morgan fingerprint density at radius 2 is 1.65 bits per heavy atom. The monoisotopic (exact) mass is 605 g/mol. The van der Waals surface area contributed by atoms with Crippen LogP contribution in [0.2, 0.25) is 0 Å². The van der Waals surface area contributed by atoms with Crippen LogP contribution >= 0.6 is 0 Å². The molecule has 4 aliphatic rings. The Morgan fingerprint density at radius 3 is 2.35 bits per heavy atom. The van der Waals surface area contributed by atoms with E-state index >= 15 is 0 Å². The minimum atomic E-state index is -5.16. The number of alkyl halides is 4. The summed E-state index contributed by atoms with van der Waals surface area (Å²) in [5, 5.41) is 9.26. The Kier molecular flexibility index (Phi) is 8.22. The number of carbonyl (C=O) groups is 1. The number of nitrogens with two attached hydrogens (primary N) is 1. The van der Waals surface area contributed by atoms with E-state index in [1.54, 1.807) is 0 Å². The van der Waals surface area contributed by atoms with E-state index in [-0.39, 0.29) is 18.1 Å². The largest absolute Gasteiger partial charge is 0.428 e. The van der Waals surface area contributed by atoms with E-state index in [9.17, 15) is 22.4 Å². The van der Waals surface area contributed by atoms with Gasteiger partial charge in [0.05, 0.1) is 12.4 Å². The van der Waals surface area contributed by atoms with Crippen LogP contribution in [-0.2, 0) is 0 Å². The van der Waals surface area contributed by atoms with Gasteiger partial charge in [0.25, 0.3) is 0 Å². The van der Waals surface area contributed by atoms with Gasteiger partial charge < -0.3 is 31.2 Å². The lowest BCUT2D eigenvalue weighted by atomic mass is 9.91. The van der Waals surface area contributed by atoms with Gasteiger partial charge in [-0.15, -0.1) is 0 Å². The lowest BCUT2D eigenvalue weighted by Gasteiger charge is -2.37. The average molecular weight is 606 g/mol. The van der Waals surface area contributed by atoms with E-state index in [1.807, 2.05) is 6.33 Å². The smallest absolute Gasteiger partial charge is 0.365 e. The van der Waals surface area contributed by atoms with Gasteiger partial charge in [-0.2, -0.15) is 23.1 Å². The number of amides is 2. The van der Waals surface area contributed by atoms with E-state index < -0.39 is 23.9 Å². The number of nitrogens with one attached hydrogen (secondary N) is 3. The maximum absolute atomic E-state index is 14.9. The Hall–Kier alpha value is -3.42. The molecule has 0 bridgehead atoms. The van der Waals surface area contributed by atoms with Gasteiger partial charge in [-0.3, -0.25) is 0 Å². The highest BCUT2D eigenvalue weighted by molar-refractivity contribution is 5.84. The van der Waals surface area contributed by atoms with Crippen LogP contribution in [0, 0.1) is 0 Å². The summed E-state index contributed by atoms with van der Waals surface area (Å²) in [4.78, 5) is 28.7. The third-order valence-electron chi connectivity index (χ3n) is 9.29. The first-order chi connectivity index (χ1) is 20.6. The van der Waals surface area contributed by atoms with Crippen molar-refractivity contribution in [2.24, 2.45) is 5.73 Å². The molecule has 0 radical (unpaired) electrons. The Bertz CT molecular complexity index is 1360. The summed E-state index contributed by atoms with van der Waals surface area (Å²) in [6, 6.07) is -1.79. The molecule has 2 saturated carbocycles. The van der Waals surface area contributed by atoms with Gasteiger partial charge >= 0.3 is 12.2 Å². The minimum Gasteiger partial charge on any atom is -0.365 e. The number of halogens is 4. The summed E-state index contributed by atoms with van der Waals surface area (Å²) in [5.41, 5.74) is 3.91. The van der Waals surface area contributed by atoms with Crippen molar-refractivity contribution >= 4 is 29.0 Å². The third kappa shape index (κ3) is 6.16. The number of urea groups is 1. The molecule has 43 heavy (non-hydrogen) atoms. The van der Waals surface area contributed by atoms with Crippen LogP contribution in [-0.4, -0.2) is 79.6 Å². The van der Waals surface area contributed by atoms with Crippen LogP contribution in [0.15, 0.2) is 30.6 Å². The summed E-state index contributed by atoms with van der Waals surface area (Å²) < 4.78 is 57.3. The number of hydrogen-bond acceptors (Lipinski definition) is 7. The van der Waals surface area contributed by atoms with E-state index in [4.69, 9.17) is 15.7 Å². The molecule has 6 rings (SSSR count). The fourth-order valence-corrected chi connectivity index (χ4v) is 6.66. The van der Waals surface area contributed by atoms with Crippen molar-refractivity contribution in [1.82, 2.24) is 29.7 Å². The van der Waals surface area contributed by atoms with Crippen LogP contribution in [0.25, 0.3) is 11.2 Å². The average Bonchev–Trinajstić information content (AvgIpc) is 3.66. The second kappa shape index (κ2) is 11.9. The lowest BCUT2D eigenvalue weighted by molar-refractivity contribution is -0.216. The summed E-state index contributed by atoms with van der Waals surface area (Å²) in [6.07, 6.45) is 9.85. The van der Waals surface area contributed by atoms with Crippen LogP contribution in [0.5, 0.6) is 0 Å². The predicted molar refractivity (Wildman–Crippen MR) is 155 cm³/mol. The predicted octanol–water partition coefficient (Wildman–Crippen LogP) is 4.97. The number of allylic oxidation sites excluding steroid dienone is 2. The van der Waals surface area contributed by atoms with Crippen molar-refractivity contribution in [2.75, 3.05) is 23.7 Å². The van der Waals surface area contributed by atoms with Crippen molar-refractivity contribution in [3.8, 4) is 0 Å². The molecule has 2 unspecified atom stereocenters. The SMILES string of the molecule is NC1CCC(Nc2nc(NC3CCN(C(=O)NC4C=CC=CC4(F)C(F)(F)F)CC3)c3ncn(C4CCCC4)c3n2)CC1. The number of likely N-dealkylation sites (tertiary alicyclic amines) is 1. The molecule has 0 spiro atoms. The minimum absolute atomic E-state index is 0.0488. The number of nitrogens with zero attached hydrogens (tertiary/aromatic N) is 5. The van der Waals surface area contributed by atoms with Crippen LogP contribution in [0.1, 0.15) is 70.3 Å². The first kappa shape index (κ1) is 29.6. The molecule has 5 N–H and O–H groups in total. The number of hydrogen-bond donors (Lipinski definition) is 4. The first-order valence-corrected chi connectivity index (χ1v) is 15.3. The summed E-state index contributed by atoms with van der Waals surface area (Å²) in [5.74, 6) is 1.16. The Labute approximate surface area is 247 Å². The molecule has 3 aliphatic carbocycles. The van der Waals surface area contributed by atoms with Gasteiger partial charge in [0.15, 0.2) is 17.0 Å².